The second-order valence-corrected chi connectivity index (χ2v) is 7.25. The molecule has 0 saturated heterocycles. The van der Waals surface area contributed by atoms with E-state index in [2.05, 4.69) is 23.0 Å². The van der Waals surface area contributed by atoms with Crippen LogP contribution in [0.4, 0.5) is 0 Å². The van der Waals surface area contributed by atoms with Gasteiger partial charge in [-0.3, -0.25) is 4.98 Å². The minimum absolute atomic E-state index is 0.611. The first-order chi connectivity index (χ1) is 13.3. The Hall–Kier alpha value is -2.57. The zero-order valence-corrected chi connectivity index (χ0v) is 16.0. The fraction of sp³-hybridized carbons (Fsp3) is 0.286. The number of pyridine rings is 2. The third kappa shape index (κ3) is 4.07. The van der Waals surface area contributed by atoms with Crippen molar-refractivity contribution in [2.45, 2.75) is 19.8 Å². The first kappa shape index (κ1) is 17.8. The van der Waals surface area contributed by atoms with Crippen molar-refractivity contribution in [2.75, 3.05) is 19.8 Å². The Morgan fingerprint density at radius 1 is 1.26 bits per heavy atom. The summed E-state index contributed by atoms with van der Waals surface area (Å²) in [6.45, 7) is 4.18. The van der Waals surface area contributed by atoms with Crippen molar-refractivity contribution >= 4 is 16.9 Å². The number of thiazole rings is 1. The molecule has 0 amide bonds. The molecule has 0 radical (unpaired) electrons. The van der Waals surface area contributed by atoms with Gasteiger partial charge in [0.15, 0.2) is 0 Å². The molecule has 0 aliphatic carbocycles. The molecule has 27 heavy (non-hydrogen) atoms. The van der Waals surface area contributed by atoms with Crippen LogP contribution in [0.3, 0.4) is 0 Å². The van der Waals surface area contributed by atoms with Crippen LogP contribution in [0.1, 0.15) is 25.5 Å². The predicted octanol–water partition coefficient (Wildman–Crippen LogP) is 4.86. The van der Waals surface area contributed by atoms with Crippen LogP contribution in [0.5, 0.6) is 5.75 Å². The molecule has 0 aromatic carbocycles. The maximum absolute atomic E-state index is 5.78. The maximum Gasteiger partial charge on any atom is 0.145 e. The summed E-state index contributed by atoms with van der Waals surface area (Å²) in [7, 11) is 0. The summed E-state index contributed by atoms with van der Waals surface area (Å²) in [6.07, 6.45) is 9.47. The average Bonchev–Trinajstić information content (AvgIpc) is 3.22. The van der Waals surface area contributed by atoms with E-state index in [-0.39, 0.29) is 0 Å². The Balaban J connectivity index is 1.61. The molecule has 3 aromatic rings. The van der Waals surface area contributed by atoms with Crippen LogP contribution >= 0.6 is 11.3 Å². The van der Waals surface area contributed by atoms with E-state index in [1.165, 1.54) is 5.57 Å². The number of nitrogens with zero attached hydrogens (tertiary/aromatic N) is 3. The Morgan fingerprint density at radius 3 is 3.07 bits per heavy atom. The first-order valence-corrected chi connectivity index (χ1v) is 9.94. The van der Waals surface area contributed by atoms with Crippen molar-refractivity contribution in [1.29, 1.82) is 0 Å². The van der Waals surface area contributed by atoms with Crippen LogP contribution in [0, 0.1) is 0 Å². The minimum Gasteiger partial charge on any atom is -0.491 e. The standard InChI is InChI=1S/C21H21N3O2S/c1-2-10-25-11-7-15-8-12-26-18-6-5-17(24-20(15)18)19-14-23-21(27-19)16-4-3-9-22-13-16/h3-7,9,13-14H,2,8,10-12H2,1H3/b15-7-. The molecule has 0 N–H and O–H groups in total. The number of rotatable bonds is 6. The lowest BCUT2D eigenvalue weighted by atomic mass is 10.0. The van der Waals surface area contributed by atoms with Crippen molar-refractivity contribution in [3.05, 3.63) is 54.6 Å². The zero-order chi connectivity index (χ0) is 18.5. The van der Waals surface area contributed by atoms with Crippen LogP contribution in [0.2, 0.25) is 0 Å². The Labute approximate surface area is 162 Å². The van der Waals surface area contributed by atoms with E-state index in [0.717, 1.165) is 52.0 Å². The molecule has 4 heterocycles. The summed E-state index contributed by atoms with van der Waals surface area (Å²) in [6, 6.07) is 7.93. The summed E-state index contributed by atoms with van der Waals surface area (Å²) >= 11 is 1.62. The molecule has 1 aliphatic rings. The Morgan fingerprint density at radius 2 is 2.22 bits per heavy atom. The van der Waals surface area contributed by atoms with Crippen molar-refractivity contribution in [3.63, 3.8) is 0 Å². The van der Waals surface area contributed by atoms with Crippen molar-refractivity contribution in [3.8, 4) is 26.9 Å². The molecule has 3 aromatic heterocycles. The lowest BCUT2D eigenvalue weighted by Crippen LogP contribution is -2.10. The number of hydrogen-bond donors (Lipinski definition) is 0. The van der Waals surface area contributed by atoms with Gasteiger partial charge >= 0.3 is 0 Å². The first-order valence-electron chi connectivity index (χ1n) is 9.12. The SMILES string of the molecule is CCCOC/C=C1/CCOc2ccc(-c3cnc(-c4cccnc4)s3)nc21. The Kier molecular flexibility index (Phi) is 5.55. The average molecular weight is 379 g/mol. The molecule has 5 nitrogen and oxygen atoms in total. The van der Waals surface area contributed by atoms with E-state index in [1.807, 2.05) is 36.7 Å². The van der Waals surface area contributed by atoms with Gasteiger partial charge in [-0.05, 0) is 36.3 Å². The van der Waals surface area contributed by atoms with Crippen molar-refractivity contribution in [2.24, 2.45) is 0 Å². The lowest BCUT2D eigenvalue weighted by molar-refractivity contribution is 0.163. The molecule has 0 saturated carbocycles. The molecule has 1 aliphatic heterocycles. The predicted molar refractivity (Wildman–Crippen MR) is 108 cm³/mol. The number of aromatic nitrogens is 3. The van der Waals surface area contributed by atoms with E-state index in [0.29, 0.717) is 13.2 Å². The van der Waals surface area contributed by atoms with Gasteiger partial charge in [0.2, 0.25) is 0 Å². The highest BCUT2D eigenvalue weighted by Crippen LogP contribution is 2.36. The summed E-state index contributed by atoms with van der Waals surface area (Å²) < 4.78 is 11.4. The van der Waals surface area contributed by atoms with E-state index in [1.54, 1.807) is 17.5 Å². The molecule has 0 spiro atoms. The highest BCUT2D eigenvalue weighted by molar-refractivity contribution is 7.18. The van der Waals surface area contributed by atoms with Crippen LogP contribution in [0.15, 0.2) is 48.9 Å². The fourth-order valence-electron chi connectivity index (χ4n) is 2.92. The van der Waals surface area contributed by atoms with Gasteiger partial charge in [0.05, 0.1) is 23.8 Å². The summed E-state index contributed by atoms with van der Waals surface area (Å²) in [4.78, 5) is 14.6. The quantitative estimate of drug-likeness (QED) is 0.573. The van der Waals surface area contributed by atoms with Crippen LogP contribution in [-0.4, -0.2) is 34.8 Å². The smallest absolute Gasteiger partial charge is 0.145 e. The highest BCUT2D eigenvalue weighted by atomic mass is 32.1. The molecule has 0 unspecified atom stereocenters. The monoisotopic (exact) mass is 379 g/mol. The van der Waals surface area contributed by atoms with E-state index >= 15 is 0 Å². The van der Waals surface area contributed by atoms with Gasteiger partial charge in [-0.15, -0.1) is 11.3 Å². The van der Waals surface area contributed by atoms with Gasteiger partial charge in [0.1, 0.15) is 16.5 Å². The molecular weight excluding hydrogens is 358 g/mol. The zero-order valence-electron chi connectivity index (χ0n) is 15.2. The number of hydrogen-bond acceptors (Lipinski definition) is 6. The molecular formula is C21H21N3O2S. The van der Waals surface area contributed by atoms with Gasteiger partial charge < -0.3 is 9.47 Å². The van der Waals surface area contributed by atoms with Gasteiger partial charge in [-0.25, -0.2) is 9.97 Å². The van der Waals surface area contributed by atoms with Gasteiger partial charge in [0, 0.05) is 37.2 Å². The number of ether oxygens (including phenoxy) is 2. The molecule has 4 rings (SSSR count). The third-order valence-electron chi connectivity index (χ3n) is 4.25. The van der Waals surface area contributed by atoms with Crippen LogP contribution < -0.4 is 4.74 Å². The third-order valence-corrected chi connectivity index (χ3v) is 5.32. The summed E-state index contributed by atoms with van der Waals surface area (Å²) in [5.41, 5.74) is 4.03. The molecule has 0 bridgehead atoms. The van der Waals surface area contributed by atoms with E-state index in [4.69, 9.17) is 14.5 Å². The van der Waals surface area contributed by atoms with Gasteiger partial charge in [0.25, 0.3) is 0 Å². The van der Waals surface area contributed by atoms with Crippen LogP contribution in [0.25, 0.3) is 26.7 Å². The normalized spacial score (nSPS) is 14.8. The van der Waals surface area contributed by atoms with Crippen molar-refractivity contribution in [1.82, 2.24) is 15.0 Å². The second kappa shape index (κ2) is 8.41. The largest absolute Gasteiger partial charge is 0.491 e. The molecule has 6 heteroatoms. The minimum atomic E-state index is 0.611. The molecule has 138 valence electrons. The maximum atomic E-state index is 5.78. The fourth-order valence-corrected chi connectivity index (χ4v) is 3.80. The molecule has 0 atom stereocenters. The number of fused-ring (bicyclic) bond motifs is 1. The molecule has 0 fully saturated rings. The van der Waals surface area contributed by atoms with Gasteiger partial charge in [-0.1, -0.05) is 13.0 Å². The van der Waals surface area contributed by atoms with E-state index in [9.17, 15) is 0 Å². The second-order valence-electron chi connectivity index (χ2n) is 6.22. The van der Waals surface area contributed by atoms with Crippen molar-refractivity contribution < 1.29 is 9.47 Å². The van der Waals surface area contributed by atoms with Crippen LogP contribution in [-0.2, 0) is 4.74 Å². The summed E-state index contributed by atoms with van der Waals surface area (Å²) in [5, 5.41) is 0.942. The van der Waals surface area contributed by atoms with Gasteiger partial charge in [-0.2, -0.15) is 0 Å². The highest BCUT2D eigenvalue weighted by Gasteiger charge is 2.18. The lowest BCUT2D eigenvalue weighted by Gasteiger charge is -2.19. The topological polar surface area (TPSA) is 57.1 Å². The Bertz CT molecular complexity index is 938. The summed E-state index contributed by atoms with van der Waals surface area (Å²) in [5.74, 6) is 0.837. The van der Waals surface area contributed by atoms with E-state index < -0.39 is 0 Å².